The van der Waals surface area contributed by atoms with Gasteiger partial charge in [0.05, 0.1) is 28.4 Å². The number of rotatable bonds is 5. The second kappa shape index (κ2) is 9.17. The van der Waals surface area contributed by atoms with Gasteiger partial charge in [-0.1, -0.05) is 41.1 Å². The lowest BCUT2D eigenvalue weighted by Gasteiger charge is -2.23. The van der Waals surface area contributed by atoms with Gasteiger partial charge in [-0.15, -0.1) is 0 Å². The van der Waals surface area contributed by atoms with E-state index in [0.29, 0.717) is 33.6 Å². The van der Waals surface area contributed by atoms with Crippen LogP contribution in [0, 0.1) is 6.92 Å². The number of aryl methyl sites for hydroxylation is 1. The molecule has 1 fully saturated rings. The monoisotopic (exact) mass is 504 g/mol. The molecule has 4 aromatic rings. The lowest BCUT2D eigenvalue weighted by molar-refractivity contribution is -0.132. The highest BCUT2D eigenvalue weighted by Gasteiger charge is 2.48. The van der Waals surface area contributed by atoms with Crippen molar-refractivity contribution < 1.29 is 19.4 Å². The Hall–Kier alpha value is -3.68. The standard InChI is InChI=1S/C27H21ClN2O4S/c1-3-34-19-10-8-16(9-11-19)24(31)22-23(17-5-4-6-18(28)14-17)30(26(33)25(22)32)27-29-20-12-7-15(2)13-21(20)35-27/h4-14,23,31H,3H2,1-2H3/b24-22+/t23-/m1/s1. The lowest BCUT2D eigenvalue weighted by Crippen LogP contribution is -2.29. The van der Waals surface area contributed by atoms with Crippen LogP contribution in [0.2, 0.25) is 5.02 Å². The van der Waals surface area contributed by atoms with Gasteiger partial charge in [-0.25, -0.2) is 4.98 Å². The zero-order valence-electron chi connectivity index (χ0n) is 19.0. The van der Waals surface area contributed by atoms with E-state index in [2.05, 4.69) is 4.98 Å². The number of aliphatic hydroxyl groups is 1. The summed E-state index contributed by atoms with van der Waals surface area (Å²) in [6, 6.07) is 18.6. The van der Waals surface area contributed by atoms with Crippen LogP contribution in [-0.2, 0) is 9.59 Å². The number of benzene rings is 3. The number of carbonyl (C=O) groups excluding carboxylic acids is 2. The van der Waals surface area contributed by atoms with Gasteiger partial charge in [0, 0.05) is 10.6 Å². The van der Waals surface area contributed by atoms with Crippen molar-refractivity contribution in [1.82, 2.24) is 4.98 Å². The van der Waals surface area contributed by atoms with Gasteiger partial charge in [0.2, 0.25) is 0 Å². The molecule has 0 spiro atoms. The first-order chi connectivity index (χ1) is 16.9. The number of nitrogens with zero attached hydrogens (tertiary/aromatic N) is 2. The van der Waals surface area contributed by atoms with Crippen LogP contribution in [0.15, 0.2) is 72.3 Å². The third kappa shape index (κ3) is 4.17. The normalized spacial score (nSPS) is 17.3. The Labute approximate surface area is 211 Å². The summed E-state index contributed by atoms with van der Waals surface area (Å²) in [7, 11) is 0. The van der Waals surface area contributed by atoms with Crippen LogP contribution in [0.3, 0.4) is 0 Å². The number of ether oxygens (including phenoxy) is 1. The average Bonchev–Trinajstić information content (AvgIpc) is 3.37. The number of amides is 1. The molecule has 0 unspecified atom stereocenters. The quantitative estimate of drug-likeness (QED) is 0.196. The largest absolute Gasteiger partial charge is 0.507 e. The molecule has 1 amide bonds. The van der Waals surface area contributed by atoms with E-state index in [0.717, 1.165) is 15.8 Å². The molecule has 0 radical (unpaired) electrons. The highest BCUT2D eigenvalue weighted by molar-refractivity contribution is 7.22. The number of ketones is 1. The number of Topliss-reactive ketones (excluding diaryl/α,β-unsaturated/α-hetero) is 1. The summed E-state index contributed by atoms with van der Waals surface area (Å²) in [5.74, 6) is -1.16. The molecule has 1 saturated heterocycles. The van der Waals surface area contributed by atoms with Gasteiger partial charge in [0.1, 0.15) is 11.5 Å². The van der Waals surface area contributed by atoms with Gasteiger partial charge < -0.3 is 9.84 Å². The molecule has 3 aromatic carbocycles. The van der Waals surface area contributed by atoms with Crippen LogP contribution >= 0.6 is 22.9 Å². The number of fused-ring (bicyclic) bond motifs is 1. The molecule has 1 aliphatic heterocycles. The van der Waals surface area contributed by atoms with Crippen LogP contribution in [0.5, 0.6) is 5.75 Å². The highest BCUT2D eigenvalue weighted by atomic mass is 35.5. The molecule has 1 N–H and O–H groups in total. The van der Waals surface area contributed by atoms with Gasteiger partial charge in [0.25, 0.3) is 5.78 Å². The molecule has 5 rings (SSSR count). The lowest BCUT2D eigenvalue weighted by atomic mass is 9.95. The van der Waals surface area contributed by atoms with Crippen molar-refractivity contribution in [2.45, 2.75) is 19.9 Å². The molecular weight excluding hydrogens is 484 g/mol. The first kappa shape index (κ1) is 23.1. The second-order valence-corrected chi connectivity index (χ2v) is 9.59. The number of anilines is 1. The van der Waals surface area contributed by atoms with Crippen LogP contribution in [0.25, 0.3) is 16.0 Å². The number of aliphatic hydroxyl groups excluding tert-OH is 1. The fourth-order valence-corrected chi connectivity index (χ4v) is 5.46. The number of halogens is 1. The van der Waals surface area contributed by atoms with Crippen molar-refractivity contribution >= 4 is 55.7 Å². The molecule has 8 heteroatoms. The highest BCUT2D eigenvalue weighted by Crippen LogP contribution is 2.44. The zero-order chi connectivity index (χ0) is 24.7. The molecule has 0 bridgehead atoms. The maximum Gasteiger partial charge on any atom is 0.301 e. The maximum atomic E-state index is 13.3. The summed E-state index contributed by atoms with van der Waals surface area (Å²) >= 11 is 7.59. The predicted molar refractivity (Wildman–Crippen MR) is 138 cm³/mol. The molecule has 1 aliphatic rings. The molecule has 1 atom stereocenters. The minimum Gasteiger partial charge on any atom is -0.507 e. The summed E-state index contributed by atoms with van der Waals surface area (Å²) in [5.41, 5.74) is 2.78. The first-order valence-electron chi connectivity index (χ1n) is 11.0. The fourth-order valence-electron chi connectivity index (χ4n) is 4.18. The van der Waals surface area contributed by atoms with Gasteiger partial charge >= 0.3 is 5.91 Å². The van der Waals surface area contributed by atoms with E-state index in [1.807, 2.05) is 32.0 Å². The summed E-state index contributed by atoms with van der Waals surface area (Å²) in [6.07, 6.45) is 0. The Bertz CT molecular complexity index is 1490. The van der Waals surface area contributed by atoms with Crippen molar-refractivity contribution in [2.24, 2.45) is 0 Å². The van der Waals surface area contributed by atoms with E-state index >= 15 is 0 Å². The van der Waals surface area contributed by atoms with Gasteiger partial charge in [-0.3, -0.25) is 14.5 Å². The van der Waals surface area contributed by atoms with E-state index in [1.54, 1.807) is 48.5 Å². The molecule has 2 heterocycles. The van der Waals surface area contributed by atoms with Crippen molar-refractivity contribution in [1.29, 1.82) is 0 Å². The first-order valence-corrected chi connectivity index (χ1v) is 12.2. The summed E-state index contributed by atoms with van der Waals surface area (Å²) < 4.78 is 6.37. The van der Waals surface area contributed by atoms with Crippen LogP contribution in [-0.4, -0.2) is 28.4 Å². The Balaban J connectivity index is 1.69. The Morgan fingerprint density at radius 3 is 2.60 bits per heavy atom. The number of thiazole rings is 1. The zero-order valence-corrected chi connectivity index (χ0v) is 20.6. The second-order valence-electron chi connectivity index (χ2n) is 8.15. The molecule has 0 aliphatic carbocycles. The van der Waals surface area contributed by atoms with Gasteiger partial charge in [0.15, 0.2) is 5.13 Å². The minimum atomic E-state index is -0.887. The van der Waals surface area contributed by atoms with Gasteiger partial charge in [-0.2, -0.15) is 0 Å². The molecular formula is C27H21ClN2O4S. The summed E-state index contributed by atoms with van der Waals surface area (Å²) in [5, 5.41) is 12.1. The summed E-state index contributed by atoms with van der Waals surface area (Å²) in [4.78, 5) is 32.7. The fraction of sp³-hybridized carbons (Fsp3) is 0.148. The number of hydrogen-bond donors (Lipinski definition) is 1. The Morgan fingerprint density at radius 1 is 1.11 bits per heavy atom. The van der Waals surface area contributed by atoms with E-state index in [9.17, 15) is 14.7 Å². The van der Waals surface area contributed by atoms with Crippen LogP contribution in [0.4, 0.5) is 5.13 Å². The topological polar surface area (TPSA) is 79.7 Å². The number of aromatic nitrogens is 1. The number of carbonyl (C=O) groups is 2. The molecule has 35 heavy (non-hydrogen) atoms. The molecule has 6 nitrogen and oxygen atoms in total. The van der Waals surface area contributed by atoms with Crippen LogP contribution < -0.4 is 9.64 Å². The Kier molecular flexibility index (Phi) is 6.05. The van der Waals surface area contributed by atoms with E-state index in [4.69, 9.17) is 16.3 Å². The van der Waals surface area contributed by atoms with Crippen molar-refractivity contribution in [3.05, 3.63) is 94.0 Å². The van der Waals surface area contributed by atoms with Crippen molar-refractivity contribution in [3.63, 3.8) is 0 Å². The maximum absolute atomic E-state index is 13.3. The summed E-state index contributed by atoms with van der Waals surface area (Å²) in [6.45, 7) is 4.37. The SMILES string of the molecule is CCOc1ccc(/C(O)=C2\C(=O)C(=O)N(c3nc4ccc(C)cc4s3)[C@@H]2c2cccc(Cl)c2)cc1. The van der Waals surface area contributed by atoms with Crippen LogP contribution in [0.1, 0.15) is 29.7 Å². The Morgan fingerprint density at radius 2 is 1.89 bits per heavy atom. The third-order valence-corrected chi connectivity index (χ3v) is 7.04. The predicted octanol–water partition coefficient (Wildman–Crippen LogP) is 6.28. The van der Waals surface area contributed by atoms with E-state index < -0.39 is 17.7 Å². The van der Waals surface area contributed by atoms with E-state index in [-0.39, 0.29) is 11.3 Å². The smallest absolute Gasteiger partial charge is 0.301 e. The molecule has 176 valence electrons. The third-order valence-electron chi connectivity index (χ3n) is 5.79. The van der Waals surface area contributed by atoms with Crippen molar-refractivity contribution in [3.8, 4) is 5.75 Å². The molecule has 1 aromatic heterocycles. The van der Waals surface area contributed by atoms with Gasteiger partial charge in [-0.05, 0) is 73.5 Å². The van der Waals surface area contributed by atoms with Crippen molar-refractivity contribution in [2.75, 3.05) is 11.5 Å². The number of hydrogen-bond acceptors (Lipinski definition) is 6. The van der Waals surface area contributed by atoms with E-state index in [1.165, 1.54) is 16.2 Å². The average molecular weight is 505 g/mol. The minimum absolute atomic E-state index is 0.0168. The molecule has 0 saturated carbocycles.